The van der Waals surface area contributed by atoms with Crippen LogP contribution in [0, 0.1) is 6.92 Å². The van der Waals surface area contributed by atoms with E-state index >= 15 is 0 Å². The lowest BCUT2D eigenvalue weighted by atomic mass is 10.2. The number of rotatable bonds is 4. The summed E-state index contributed by atoms with van der Waals surface area (Å²) in [7, 11) is 0. The normalized spacial score (nSPS) is 10.9. The smallest absolute Gasteiger partial charge is 0.218 e. The summed E-state index contributed by atoms with van der Waals surface area (Å²) >= 11 is 4.12. The molecule has 0 saturated carbocycles. The molecular formula is C16H14INOS. The molecule has 0 aliphatic heterocycles. The highest BCUT2D eigenvalue weighted by molar-refractivity contribution is 14.1. The molecule has 0 aliphatic rings. The van der Waals surface area contributed by atoms with E-state index in [1.807, 2.05) is 25.1 Å². The third-order valence-electron chi connectivity index (χ3n) is 3.20. The molecule has 0 saturated heterocycles. The molecule has 3 aromatic rings. The van der Waals surface area contributed by atoms with E-state index in [9.17, 15) is 0 Å². The second-order valence-corrected chi connectivity index (χ2v) is 6.23. The van der Waals surface area contributed by atoms with Gasteiger partial charge in [0, 0.05) is 15.4 Å². The van der Waals surface area contributed by atoms with Gasteiger partial charge in [-0.05, 0) is 23.9 Å². The van der Waals surface area contributed by atoms with Crippen molar-refractivity contribution < 1.29 is 4.74 Å². The Morgan fingerprint density at radius 3 is 2.75 bits per heavy atom. The van der Waals surface area contributed by atoms with Crippen LogP contribution in [-0.2, 0) is 11.0 Å². The molecule has 0 atom stereocenters. The molecular weight excluding hydrogens is 381 g/mol. The number of alkyl halides is 1. The van der Waals surface area contributed by atoms with Crippen LogP contribution in [0.25, 0.3) is 10.1 Å². The Labute approximate surface area is 136 Å². The van der Waals surface area contributed by atoms with Gasteiger partial charge in [0.2, 0.25) is 5.88 Å². The molecule has 0 bridgehead atoms. The molecule has 2 aromatic heterocycles. The summed E-state index contributed by atoms with van der Waals surface area (Å²) in [5.74, 6) is 0.770. The maximum atomic E-state index is 5.96. The topological polar surface area (TPSA) is 22.1 Å². The van der Waals surface area contributed by atoms with Gasteiger partial charge >= 0.3 is 0 Å². The van der Waals surface area contributed by atoms with Gasteiger partial charge in [0.25, 0.3) is 0 Å². The number of aryl methyl sites for hydroxylation is 1. The van der Waals surface area contributed by atoms with Crippen LogP contribution in [-0.4, -0.2) is 4.98 Å². The van der Waals surface area contributed by atoms with Crippen molar-refractivity contribution >= 4 is 44.0 Å². The van der Waals surface area contributed by atoms with E-state index < -0.39 is 0 Å². The zero-order chi connectivity index (χ0) is 13.9. The van der Waals surface area contributed by atoms with Crippen LogP contribution < -0.4 is 4.74 Å². The van der Waals surface area contributed by atoms with Crippen LogP contribution in [0.3, 0.4) is 0 Å². The number of aromatic nitrogens is 1. The average Bonchev–Trinajstić information content (AvgIpc) is 2.96. The van der Waals surface area contributed by atoms with Gasteiger partial charge in [0.15, 0.2) is 0 Å². The Morgan fingerprint density at radius 1 is 1.20 bits per heavy atom. The number of thiophene rings is 1. The van der Waals surface area contributed by atoms with Gasteiger partial charge in [0.05, 0.1) is 10.4 Å². The lowest BCUT2D eigenvalue weighted by Crippen LogP contribution is -2.01. The molecule has 0 aliphatic carbocycles. The SMILES string of the molecule is Cc1nc(OCc2ccccc2)c(CI)c2ccsc12. The summed E-state index contributed by atoms with van der Waals surface area (Å²) in [5, 5.41) is 3.40. The first kappa shape index (κ1) is 13.8. The zero-order valence-corrected chi connectivity index (χ0v) is 14.1. The Kier molecular flexibility index (Phi) is 4.21. The van der Waals surface area contributed by atoms with E-state index in [1.165, 1.54) is 15.6 Å². The zero-order valence-electron chi connectivity index (χ0n) is 11.1. The highest BCUT2D eigenvalue weighted by Gasteiger charge is 2.13. The standard InChI is InChI=1S/C16H14INOS/c1-11-15-13(7-8-20-15)14(9-17)16(18-11)19-10-12-5-3-2-4-6-12/h2-8H,9-10H2,1H3. The Balaban J connectivity index is 1.94. The molecule has 0 amide bonds. The van der Waals surface area contributed by atoms with Gasteiger partial charge in [-0.15, -0.1) is 11.3 Å². The van der Waals surface area contributed by atoms with E-state index in [2.05, 4.69) is 51.2 Å². The lowest BCUT2D eigenvalue weighted by molar-refractivity contribution is 0.292. The molecule has 1 aromatic carbocycles. The van der Waals surface area contributed by atoms with E-state index in [-0.39, 0.29) is 0 Å². The summed E-state index contributed by atoms with van der Waals surface area (Å²) in [6.45, 7) is 2.61. The maximum Gasteiger partial charge on any atom is 0.218 e. The Hall–Kier alpha value is -1.14. The maximum absolute atomic E-state index is 5.96. The molecule has 102 valence electrons. The fourth-order valence-electron chi connectivity index (χ4n) is 2.19. The highest BCUT2D eigenvalue weighted by atomic mass is 127. The molecule has 2 nitrogen and oxygen atoms in total. The third-order valence-corrected chi connectivity index (χ3v) is 4.98. The van der Waals surface area contributed by atoms with Gasteiger partial charge in [-0.2, -0.15) is 0 Å². The molecule has 2 heterocycles. The van der Waals surface area contributed by atoms with E-state index in [0.29, 0.717) is 6.61 Å². The summed E-state index contributed by atoms with van der Waals surface area (Å²) in [4.78, 5) is 4.64. The highest BCUT2D eigenvalue weighted by Crippen LogP contribution is 2.33. The Morgan fingerprint density at radius 2 is 2.00 bits per heavy atom. The Bertz CT molecular complexity index is 724. The van der Waals surface area contributed by atoms with Crippen LogP contribution in [0.1, 0.15) is 16.8 Å². The van der Waals surface area contributed by atoms with Gasteiger partial charge < -0.3 is 4.74 Å². The van der Waals surface area contributed by atoms with E-state index in [4.69, 9.17) is 4.74 Å². The average molecular weight is 395 g/mol. The first-order chi connectivity index (χ1) is 9.79. The van der Waals surface area contributed by atoms with Crippen molar-refractivity contribution in [3.63, 3.8) is 0 Å². The van der Waals surface area contributed by atoms with Crippen molar-refractivity contribution in [1.29, 1.82) is 0 Å². The molecule has 0 N–H and O–H groups in total. The number of hydrogen-bond donors (Lipinski definition) is 0. The number of hydrogen-bond acceptors (Lipinski definition) is 3. The second kappa shape index (κ2) is 6.10. The van der Waals surface area contributed by atoms with Crippen LogP contribution in [0.4, 0.5) is 0 Å². The minimum atomic E-state index is 0.562. The second-order valence-electron chi connectivity index (χ2n) is 4.55. The molecule has 0 radical (unpaired) electrons. The monoisotopic (exact) mass is 395 g/mol. The first-order valence-corrected chi connectivity index (χ1v) is 8.79. The van der Waals surface area contributed by atoms with Crippen LogP contribution >= 0.6 is 33.9 Å². The minimum Gasteiger partial charge on any atom is -0.473 e. The summed E-state index contributed by atoms with van der Waals surface area (Å²) in [6.07, 6.45) is 0. The fourth-order valence-corrected chi connectivity index (χ4v) is 3.80. The molecule has 0 fully saturated rings. The van der Waals surface area contributed by atoms with E-state index in [0.717, 1.165) is 21.6 Å². The van der Waals surface area contributed by atoms with E-state index in [1.54, 1.807) is 11.3 Å². The van der Waals surface area contributed by atoms with Gasteiger partial charge in [-0.3, -0.25) is 0 Å². The third kappa shape index (κ3) is 2.67. The van der Waals surface area contributed by atoms with Gasteiger partial charge in [0.1, 0.15) is 6.61 Å². The lowest BCUT2D eigenvalue weighted by Gasteiger charge is -2.11. The number of fused-ring (bicyclic) bond motifs is 1. The quantitative estimate of drug-likeness (QED) is 0.452. The van der Waals surface area contributed by atoms with Crippen LogP contribution in [0.5, 0.6) is 5.88 Å². The predicted molar refractivity (Wildman–Crippen MR) is 92.9 cm³/mol. The number of benzene rings is 1. The van der Waals surface area contributed by atoms with Crippen LogP contribution in [0.2, 0.25) is 0 Å². The van der Waals surface area contributed by atoms with Crippen LogP contribution in [0.15, 0.2) is 41.8 Å². The van der Waals surface area contributed by atoms with Crippen molar-refractivity contribution in [1.82, 2.24) is 4.98 Å². The van der Waals surface area contributed by atoms with Crippen molar-refractivity contribution in [2.24, 2.45) is 0 Å². The number of halogens is 1. The largest absolute Gasteiger partial charge is 0.473 e. The number of pyridine rings is 1. The molecule has 0 unspecified atom stereocenters. The summed E-state index contributed by atoms with van der Waals surface area (Å²) in [6, 6.07) is 12.4. The summed E-state index contributed by atoms with van der Waals surface area (Å²) < 4.78 is 8.13. The van der Waals surface area contributed by atoms with Crippen molar-refractivity contribution in [3.05, 3.63) is 58.6 Å². The van der Waals surface area contributed by atoms with Crippen molar-refractivity contribution in [2.45, 2.75) is 18.0 Å². The molecule has 3 rings (SSSR count). The van der Waals surface area contributed by atoms with Gasteiger partial charge in [-0.25, -0.2) is 4.98 Å². The fraction of sp³-hybridized carbons (Fsp3) is 0.188. The van der Waals surface area contributed by atoms with Crippen molar-refractivity contribution in [2.75, 3.05) is 0 Å². The van der Waals surface area contributed by atoms with Gasteiger partial charge in [-0.1, -0.05) is 52.9 Å². The first-order valence-electron chi connectivity index (χ1n) is 6.39. The molecule has 20 heavy (non-hydrogen) atoms. The predicted octanol–water partition coefficient (Wildman–Crippen LogP) is 5.12. The number of nitrogens with zero attached hydrogens (tertiary/aromatic N) is 1. The summed E-state index contributed by atoms with van der Waals surface area (Å²) in [5.41, 5.74) is 3.41. The molecule has 4 heteroatoms. The molecule has 0 spiro atoms. The number of ether oxygens (including phenoxy) is 1. The van der Waals surface area contributed by atoms with Crippen molar-refractivity contribution in [3.8, 4) is 5.88 Å². The minimum absolute atomic E-state index is 0.562.